The highest BCUT2D eigenvalue weighted by molar-refractivity contribution is 7.78. The quantitative estimate of drug-likeness (QED) is 0.723. The first-order valence-electron chi connectivity index (χ1n) is 3.89. The summed E-state index contributed by atoms with van der Waals surface area (Å²) in [6.07, 6.45) is 0. The van der Waals surface area contributed by atoms with E-state index in [1.165, 1.54) is 0 Å². The maximum Gasteiger partial charge on any atom is 0.127 e. The first-order valence-corrected chi connectivity index (χ1v) is 4.34. The van der Waals surface area contributed by atoms with E-state index in [1.807, 2.05) is 18.2 Å². The first-order chi connectivity index (χ1) is 6.31. The molecule has 0 saturated carbocycles. The average Bonchev–Trinajstić information content (AvgIpc) is 2.19. The lowest BCUT2D eigenvalue weighted by molar-refractivity contribution is 0.391. The lowest BCUT2D eigenvalue weighted by Crippen LogP contribution is -2.01. The van der Waals surface area contributed by atoms with E-state index in [2.05, 4.69) is 17.5 Å². The number of hydrogen-bond acceptors (Lipinski definition) is 4. The Balaban J connectivity index is 2.93. The van der Waals surface area contributed by atoms with Gasteiger partial charge in [-0.15, -0.1) is 0 Å². The molecular formula is C9H13NO2S. The lowest BCUT2D eigenvalue weighted by atomic mass is 10.2. The van der Waals surface area contributed by atoms with Gasteiger partial charge in [0.2, 0.25) is 0 Å². The van der Waals surface area contributed by atoms with Crippen molar-refractivity contribution in [3.8, 4) is 11.5 Å². The minimum atomic E-state index is 0.663. The Morgan fingerprint density at radius 2 is 2.08 bits per heavy atom. The van der Waals surface area contributed by atoms with E-state index in [1.54, 1.807) is 14.2 Å². The first kappa shape index (κ1) is 10.2. The number of nitrogens with one attached hydrogen (secondary N) is 1. The summed E-state index contributed by atoms with van der Waals surface area (Å²) < 4.78 is 13.0. The number of thiol groups is 1. The maximum absolute atomic E-state index is 5.19. The fourth-order valence-electron chi connectivity index (χ4n) is 1.08. The van der Waals surface area contributed by atoms with Crippen molar-refractivity contribution < 1.29 is 9.47 Å². The van der Waals surface area contributed by atoms with Crippen LogP contribution in [0.15, 0.2) is 18.2 Å². The summed E-state index contributed by atoms with van der Waals surface area (Å²) in [5.74, 6) is 1.60. The van der Waals surface area contributed by atoms with E-state index in [0.717, 1.165) is 17.1 Å². The van der Waals surface area contributed by atoms with Crippen LogP contribution in [0.3, 0.4) is 0 Å². The van der Waals surface area contributed by atoms with Crippen LogP contribution in [-0.2, 0) is 6.54 Å². The largest absolute Gasteiger partial charge is 0.497 e. The Kier molecular flexibility index (Phi) is 3.92. The van der Waals surface area contributed by atoms with E-state index >= 15 is 0 Å². The third kappa shape index (κ3) is 2.54. The van der Waals surface area contributed by atoms with Crippen LogP contribution in [-0.4, -0.2) is 14.2 Å². The van der Waals surface area contributed by atoms with Gasteiger partial charge < -0.3 is 9.47 Å². The Morgan fingerprint density at radius 1 is 1.31 bits per heavy atom. The normalized spacial score (nSPS) is 9.77. The van der Waals surface area contributed by atoms with Crippen molar-refractivity contribution >= 4 is 12.8 Å². The fraction of sp³-hybridized carbons (Fsp3) is 0.333. The second-order valence-electron chi connectivity index (χ2n) is 2.51. The molecule has 0 amide bonds. The molecule has 0 bridgehead atoms. The van der Waals surface area contributed by atoms with Crippen LogP contribution in [0.4, 0.5) is 0 Å². The zero-order valence-corrected chi connectivity index (χ0v) is 8.60. The molecule has 0 aliphatic carbocycles. The van der Waals surface area contributed by atoms with Crippen LogP contribution < -0.4 is 14.2 Å². The second-order valence-corrected chi connectivity index (χ2v) is 2.83. The standard InChI is InChI=1S/C9H13NO2S/c1-11-8-4-3-7(6-10-13)9(5-8)12-2/h3-5,10,13H,6H2,1-2H3. The second kappa shape index (κ2) is 4.99. The van der Waals surface area contributed by atoms with E-state index in [-0.39, 0.29) is 0 Å². The van der Waals surface area contributed by atoms with Crippen LogP contribution >= 0.6 is 12.8 Å². The molecule has 13 heavy (non-hydrogen) atoms. The third-order valence-corrected chi connectivity index (χ3v) is 1.92. The molecule has 1 aromatic carbocycles. The molecule has 3 nitrogen and oxygen atoms in total. The average molecular weight is 199 g/mol. The predicted octanol–water partition coefficient (Wildman–Crippen LogP) is 1.64. The van der Waals surface area contributed by atoms with E-state index in [4.69, 9.17) is 9.47 Å². The Labute approximate surface area is 83.6 Å². The maximum atomic E-state index is 5.19. The molecule has 72 valence electrons. The van der Waals surface area contributed by atoms with Crippen molar-refractivity contribution in [1.82, 2.24) is 4.72 Å². The van der Waals surface area contributed by atoms with Crippen molar-refractivity contribution in [2.24, 2.45) is 0 Å². The van der Waals surface area contributed by atoms with Crippen LogP contribution in [0.1, 0.15) is 5.56 Å². The molecule has 0 saturated heterocycles. The smallest absolute Gasteiger partial charge is 0.127 e. The summed E-state index contributed by atoms with van der Waals surface area (Å²) in [4.78, 5) is 0. The van der Waals surface area contributed by atoms with Crippen molar-refractivity contribution in [3.05, 3.63) is 23.8 Å². The van der Waals surface area contributed by atoms with Gasteiger partial charge in [-0.2, -0.15) is 0 Å². The van der Waals surface area contributed by atoms with Gasteiger partial charge in [0.15, 0.2) is 0 Å². The summed E-state index contributed by atoms with van der Waals surface area (Å²) in [7, 11) is 3.27. The van der Waals surface area contributed by atoms with Crippen molar-refractivity contribution in [2.45, 2.75) is 6.54 Å². The highest BCUT2D eigenvalue weighted by atomic mass is 32.1. The van der Waals surface area contributed by atoms with Gasteiger partial charge in [0.05, 0.1) is 14.2 Å². The molecule has 1 N–H and O–H groups in total. The van der Waals surface area contributed by atoms with Gasteiger partial charge in [0, 0.05) is 18.2 Å². The zero-order valence-electron chi connectivity index (χ0n) is 7.70. The highest BCUT2D eigenvalue weighted by Crippen LogP contribution is 2.24. The summed E-state index contributed by atoms with van der Waals surface area (Å²) in [5.41, 5.74) is 1.05. The van der Waals surface area contributed by atoms with Gasteiger partial charge in [-0.3, -0.25) is 4.72 Å². The fourth-order valence-corrected chi connectivity index (χ4v) is 1.25. The van der Waals surface area contributed by atoms with E-state index < -0.39 is 0 Å². The van der Waals surface area contributed by atoms with Crippen LogP contribution in [0.25, 0.3) is 0 Å². The summed E-state index contributed by atoms with van der Waals surface area (Å²) in [6, 6.07) is 5.68. The van der Waals surface area contributed by atoms with Gasteiger partial charge in [0.25, 0.3) is 0 Å². The molecule has 0 fully saturated rings. The Bertz CT molecular complexity index is 278. The monoisotopic (exact) mass is 199 g/mol. The SMILES string of the molecule is COc1ccc(CNS)c(OC)c1. The van der Waals surface area contributed by atoms with Crippen molar-refractivity contribution in [3.63, 3.8) is 0 Å². The molecule has 0 unspecified atom stereocenters. The van der Waals surface area contributed by atoms with Gasteiger partial charge >= 0.3 is 0 Å². The lowest BCUT2D eigenvalue weighted by Gasteiger charge is -2.09. The molecule has 0 radical (unpaired) electrons. The Hall–Kier alpha value is -0.870. The minimum absolute atomic E-state index is 0.663. The highest BCUT2D eigenvalue weighted by Gasteiger charge is 2.03. The molecule has 0 aliphatic rings. The van der Waals surface area contributed by atoms with Crippen LogP contribution in [0, 0.1) is 0 Å². The Morgan fingerprint density at radius 3 is 2.62 bits per heavy atom. The molecule has 0 spiro atoms. The number of hydrogen-bond donors (Lipinski definition) is 2. The predicted molar refractivity (Wildman–Crippen MR) is 55.4 cm³/mol. The number of benzene rings is 1. The van der Waals surface area contributed by atoms with Crippen molar-refractivity contribution in [1.29, 1.82) is 0 Å². The van der Waals surface area contributed by atoms with Crippen molar-refractivity contribution in [2.75, 3.05) is 14.2 Å². The summed E-state index contributed by atoms with van der Waals surface area (Å²) in [6.45, 7) is 0.663. The van der Waals surface area contributed by atoms with E-state index in [0.29, 0.717) is 6.54 Å². The third-order valence-electron chi connectivity index (χ3n) is 1.76. The number of ether oxygens (including phenoxy) is 2. The van der Waals surface area contributed by atoms with Crippen LogP contribution in [0.2, 0.25) is 0 Å². The molecule has 0 atom stereocenters. The van der Waals surface area contributed by atoms with Gasteiger partial charge in [0.1, 0.15) is 11.5 Å². The van der Waals surface area contributed by atoms with Gasteiger partial charge in [-0.25, -0.2) is 0 Å². The number of rotatable bonds is 4. The molecule has 1 rings (SSSR count). The molecule has 0 aliphatic heterocycles. The van der Waals surface area contributed by atoms with Crippen LogP contribution in [0.5, 0.6) is 11.5 Å². The molecule has 4 heteroatoms. The summed E-state index contributed by atoms with van der Waals surface area (Å²) in [5, 5.41) is 0. The summed E-state index contributed by atoms with van der Waals surface area (Å²) >= 11 is 3.93. The molecule has 1 aromatic rings. The molecule has 0 heterocycles. The molecular weight excluding hydrogens is 186 g/mol. The van der Waals surface area contributed by atoms with Gasteiger partial charge in [-0.05, 0) is 6.07 Å². The molecule has 0 aromatic heterocycles. The zero-order chi connectivity index (χ0) is 9.68. The minimum Gasteiger partial charge on any atom is -0.497 e. The topological polar surface area (TPSA) is 30.5 Å². The van der Waals surface area contributed by atoms with E-state index in [9.17, 15) is 0 Å². The van der Waals surface area contributed by atoms with Gasteiger partial charge in [-0.1, -0.05) is 18.9 Å². The number of methoxy groups -OCH3 is 2.